The average Bonchev–Trinajstić information content (AvgIpc) is 3.28. The van der Waals surface area contributed by atoms with Gasteiger partial charge in [-0.1, -0.05) is 57.5 Å². The maximum Gasteiger partial charge on any atom is 0.418 e. The monoisotopic (exact) mass is 719 g/mol. The van der Waals surface area contributed by atoms with Gasteiger partial charge in [-0.25, -0.2) is 13.6 Å². The Balaban J connectivity index is 1.53. The van der Waals surface area contributed by atoms with Crippen molar-refractivity contribution in [2.45, 2.75) is 62.9 Å². The predicted octanol–water partition coefficient (Wildman–Crippen LogP) is 6.37. The van der Waals surface area contributed by atoms with E-state index in [9.17, 15) is 41.2 Å². The number of amides is 3. The highest BCUT2D eigenvalue weighted by molar-refractivity contribution is 7.89. The normalized spacial score (nSPS) is 17.8. The lowest BCUT2D eigenvalue weighted by molar-refractivity contribution is -0.143. The zero-order chi connectivity index (χ0) is 37.3. The fourth-order valence-electron chi connectivity index (χ4n) is 6.58. The van der Waals surface area contributed by atoms with Gasteiger partial charge in [0.15, 0.2) is 0 Å². The van der Waals surface area contributed by atoms with Crippen molar-refractivity contribution in [1.82, 2.24) is 4.90 Å². The number of primary sulfonamides is 1. The Kier molecular flexibility index (Phi) is 10.3. The molecule has 0 aromatic heterocycles. The van der Waals surface area contributed by atoms with Crippen molar-refractivity contribution in [2.24, 2.45) is 5.14 Å². The van der Waals surface area contributed by atoms with Crippen molar-refractivity contribution in [3.63, 3.8) is 0 Å². The standard InChI is InChI=1S/C37H36F3N5O5S/c1-4-5-20-45-34(47)27(32(37(38,39)40)28(22-41)35(45)48)17-19-30-36(2,3)33-26-10-7-6-9-23(26)12-18-29(33)44(30)21-8-11-31(46)43-24-13-15-25(16-14-24)51(42,49)50/h6-7,9-10,12-19H,4-5,8,11,20-21H2,1-3H3,(H,43,46)(H2,42,49,50)/b27-17-,30-19+. The number of unbranched alkanes of at least 4 members (excludes halogenated alkanes) is 1. The third kappa shape index (κ3) is 7.31. The number of carbonyl (C=O) groups is 3. The highest BCUT2D eigenvalue weighted by Crippen LogP contribution is 2.51. The Hall–Kier alpha value is -5.26. The first kappa shape index (κ1) is 37.0. The number of carbonyl (C=O) groups excluding carboxylic acids is 3. The number of alkyl halides is 3. The number of hydrogen-bond donors (Lipinski definition) is 2. The van der Waals surface area contributed by atoms with E-state index in [2.05, 4.69) is 5.32 Å². The van der Waals surface area contributed by atoms with Gasteiger partial charge in [0.25, 0.3) is 11.8 Å². The first-order valence-electron chi connectivity index (χ1n) is 16.2. The number of halogens is 3. The van der Waals surface area contributed by atoms with Crippen LogP contribution >= 0.6 is 0 Å². The van der Waals surface area contributed by atoms with Crippen LogP contribution in [0.3, 0.4) is 0 Å². The fraction of sp³-hybridized carbons (Fsp3) is 0.297. The Labute approximate surface area is 293 Å². The molecule has 3 aromatic rings. The Bertz CT molecular complexity index is 2160. The molecule has 0 atom stereocenters. The summed E-state index contributed by atoms with van der Waals surface area (Å²) in [5, 5.41) is 19.4. The Morgan fingerprint density at radius 1 is 0.961 bits per heavy atom. The molecule has 266 valence electrons. The van der Waals surface area contributed by atoms with Crippen molar-refractivity contribution < 1.29 is 36.0 Å². The minimum absolute atomic E-state index is 0.0463. The first-order valence-corrected chi connectivity index (χ1v) is 17.8. The number of sulfonamides is 1. The molecule has 51 heavy (non-hydrogen) atoms. The highest BCUT2D eigenvalue weighted by atomic mass is 32.2. The summed E-state index contributed by atoms with van der Waals surface area (Å²) in [6.45, 7) is 5.77. The molecule has 0 spiro atoms. The summed E-state index contributed by atoms with van der Waals surface area (Å²) in [6.07, 6.45) is -1.41. The Morgan fingerprint density at radius 2 is 1.63 bits per heavy atom. The predicted molar refractivity (Wildman–Crippen MR) is 186 cm³/mol. The van der Waals surface area contributed by atoms with Gasteiger partial charge in [0.2, 0.25) is 15.9 Å². The molecule has 3 aromatic carbocycles. The SMILES string of the molecule is CCCCN1C(=O)C(C#N)=C(C(F)(F)F)/C(=C/C=C2/N(CCCC(=O)Nc3ccc(S(N)(=O)=O)cc3)c3ccc4ccccc4c3C2(C)C)C1=O. The third-order valence-electron chi connectivity index (χ3n) is 9.00. The van der Waals surface area contributed by atoms with Gasteiger partial charge in [0.1, 0.15) is 11.6 Å². The largest absolute Gasteiger partial charge is 0.418 e. The zero-order valence-corrected chi connectivity index (χ0v) is 29.0. The van der Waals surface area contributed by atoms with E-state index in [4.69, 9.17) is 5.14 Å². The van der Waals surface area contributed by atoms with Crippen LogP contribution in [0.1, 0.15) is 52.0 Å². The highest BCUT2D eigenvalue weighted by Gasteiger charge is 2.49. The molecule has 5 rings (SSSR count). The van der Waals surface area contributed by atoms with Crippen molar-refractivity contribution in [3.05, 3.63) is 101 Å². The number of anilines is 2. The lowest BCUT2D eigenvalue weighted by Gasteiger charge is -2.30. The lowest BCUT2D eigenvalue weighted by atomic mass is 9.81. The molecule has 0 bridgehead atoms. The van der Waals surface area contributed by atoms with E-state index in [0.717, 1.165) is 28.1 Å². The van der Waals surface area contributed by atoms with Crippen LogP contribution in [0, 0.1) is 11.3 Å². The maximum absolute atomic E-state index is 14.5. The second-order valence-electron chi connectivity index (χ2n) is 12.8. The number of rotatable bonds is 10. The van der Waals surface area contributed by atoms with Crippen LogP contribution in [-0.2, 0) is 29.8 Å². The molecular weight excluding hydrogens is 683 g/mol. The summed E-state index contributed by atoms with van der Waals surface area (Å²) in [4.78, 5) is 41.8. The van der Waals surface area contributed by atoms with E-state index in [1.54, 1.807) is 6.92 Å². The number of allylic oxidation sites excluding steroid dienone is 3. The number of imide groups is 1. The Morgan fingerprint density at radius 3 is 2.25 bits per heavy atom. The van der Waals surface area contributed by atoms with Gasteiger partial charge in [0.05, 0.1) is 16.0 Å². The van der Waals surface area contributed by atoms with E-state index in [0.29, 0.717) is 35.5 Å². The number of nitrogens with zero attached hydrogens (tertiary/aromatic N) is 3. The van der Waals surface area contributed by atoms with E-state index < -0.39 is 50.1 Å². The summed E-state index contributed by atoms with van der Waals surface area (Å²) in [7, 11) is -3.90. The van der Waals surface area contributed by atoms with Gasteiger partial charge in [-0.05, 0) is 71.7 Å². The van der Waals surface area contributed by atoms with Crippen LogP contribution < -0.4 is 15.4 Å². The molecule has 10 nitrogen and oxygen atoms in total. The smallest absolute Gasteiger partial charge is 0.344 e. The average molecular weight is 720 g/mol. The fourth-order valence-corrected chi connectivity index (χ4v) is 7.10. The van der Waals surface area contributed by atoms with Crippen LogP contribution in [0.5, 0.6) is 0 Å². The van der Waals surface area contributed by atoms with Gasteiger partial charge in [-0.2, -0.15) is 18.4 Å². The van der Waals surface area contributed by atoms with Crippen LogP contribution in [0.2, 0.25) is 0 Å². The molecule has 0 saturated carbocycles. The van der Waals surface area contributed by atoms with Crippen LogP contribution in [-0.4, -0.2) is 50.3 Å². The van der Waals surface area contributed by atoms with E-state index in [1.807, 2.05) is 55.1 Å². The van der Waals surface area contributed by atoms with Crippen molar-refractivity contribution >= 4 is 49.9 Å². The van der Waals surface area contributed by atoms with E-state index in [1.165, 1.54) is 36.4 Å². The van der Waals surface area contributed by atoms with Crippen LogP contribution in [0.25, 0.3) is 10.8 Å². The van der Waals surface area contributed by atoms with E-state index in [-0.39, 0.29) is 30.3 Å². The van der Waals surface area contributed by atoms with Gasteiger partial charge in [-0.3, -0.25) is 19.3 Å². The number of nitrogens with two attached hydrogens (primary N) is 1. The molecule has 3 N–H and O–H groups in total. The van der Waals surface area contributed by atoms with E-state index >= 15 is 0 Å². The molecule has 3 amide bonds. The van der Waals surface area contributed by atoms with Crippen molar-refractivity contribution in [2.75, 3.05) is 23.3 Å². The summed E-state index contributed by atoms with van der Waals surface area (Å²) >= 11 is 0. The molecule has 2 aliphatic rings. The van der Waals surface area contributed by atoms with Crippen LogP contribution in [0.4, 0.5) is 24.5 Å². The summed E-state index contributed by atoms with van der Waals surface area (Å²) in [5.74, 6) is -2.75. The first-order chi connectivity index (χ1) is 24.0. The molecule has 0 fully saturated rings. The number of nitrogens with one attached hydrogen (secondary N) is 1. The molecule has 14 heteroatoms. The third-order valence-corrected chi connectivity index (χ3v) is 9.93. The topological polar surface area (TPSA) is 154 Å². The second-order valence-corrected chi connectivity index (χ2v) is 14.3. The van der Waals surface area contributed by atoms with Crippen LogP contribution in [0.15, 0.2) is 100 Å². The molecule has 0 aliphatic carbocycles. The molecule has 2 aliphatic heterocycles. The maximum atomic E-state index is 14.5. The van der Waals surface area contributed by atoms with Gasteiger partial charge >= 0.3 is 6.18 Å². The summed E-state index contributed by atoms with van der Waals surface area (Å²) in [6, 6.07) is 18.3. The van der Waals surface area contributed by atoms with Crippen molar-refractivity contribution in [3.8, 4) is 6.07 Å². The minimum atomic E-state index is -5.16. The van der Waals surface area contributed by atoms with Gasteiger partial charge < -0.3 is 10.2 Å². The van der Waals surface area contributed by atoms with Gasteiger partial charge in [-0.15, -0.1) is 0 Å². The second kappa shape index (κ2) is 14.2. The van der Waals surface area contributed by atoms with Gasteiger partial charge in [0, 0.05) is 42.0 Å². The molecule has 0 radical (unpaired) electrons. The number of nitriles is 1. The molecule has 0 unspecified atom stereocenters. The quantitative estimate of drug-likeness (QED) is 0.183. The number of fused-ring (bicyclic) bond motifs is 3. The van der Waals surface area contributed by atoms with Crippen molar-refractivity contribution in [1.29, 1.82) is 5.26 Å². The summed E-state index contributed by atoms with van der Waals surface area (Å²) in [5.41, 5.74) is -1.70. The zero-order valence-electron chi connectivity index (χ0n) is 28.2. The molecular formula is C37H36F3N5O5S. The number of hydrogen-bond acceptors (Lipinski definition) is 7. The summed E-state index contributed by atoms with van der Waals surface area (Å²) < 4.78 is 66.5. The molecule has 0 saturated heterocycles. The lowest BCUT2D eigenvalue weighted by Crippen LogP contribution is -2.45. The molecule has 2 heterocycles. The number of benzene rings is 3. The minimum Gasteiger partial charge on any atom is -0.344 e.